The molecule has 0 bridgehead atoms. The van der Waals surface area contributed by atoms with Gasteiger partial charge in [-0.25, -0.2) is 0 Å². The summed E-state index contributed by atoms with van der Waals surface area (Å²) in [6.45, 7) is 0. The molecular weight excluding hydrogens is 156 g/mol. The van der Waals surface area contributed by atoms with Crippen LogP contribution in [0.3, 0.4) is 0 Å². The molecule has 0 aromatic carbocycles. The van der Waals surface area contributed by atoms with Crippen LogP contribution in [0.4, 0.5) is 0 Å². The van der Waals surface area contributed by atoms with Crippen LogP contribution in [0.25, 0.3) is 0 Å². The molecule has 0 aromatic heterocycles. The lowest BCUT2D eigenvalue weighted by atomic mass is 9.89. The van der Waals surface area contributed by atoms with Crippen LogP contribution in [-0.4, -0.2) is 0 Å². The van der Waals surface area contributed by atoms with Crippen molar-refractivity contribution < 1.29 is 0 Å². The number of fused-ring (bicyclic) bond motifs is 1. The fourth-order valence-corrected chi connectivity index (χ4v) is 2.31. The Kier molecular flexibility index (Phi) is 3.05. The lowest BCUT2D eigenvalue weighted by molar-refractivity contribution is 0.589. The van der Waals surface area contributed by atoms with Gasteiger partial charge in [0.25, 0.3) is 0 Å². The van der Waals surface area contributed by atoms with Crippen LogP contribution in [0, 0.1) is 5.92 Å². The van der Waals surface area contributed by atoms with Gasteiger partial charge >= 0.3 is 0 Å². The van der Waals surface area contributed by atoms with Gasteiger partial charge in [-0.3, -0.25) is 0 Å². The van der Waals surface area contributed by atoms with Gasteiger partial charge in [-0.2, -0.15) is 0 Å². The standard InChI is InChI=1S/C13H18/c1-2-4-8-12-10-6-7-11-13(12)9-5-3-1/h6-7,10,12H,1-5,8-9H2. The maximum Gasteiger partial charge on any atom is 0.00561 e. The van der Waals surface area contributed by atoms with Gasteiger partial charge in [-0.1, -0.05) is 37.8 Å². The second kappa shape index (κ2) is 4.48. The Balaban J connectivity index is 2.08. The first-order valence-electron chi connectivity index (χ1n) is 5.59. The van der Waals surface area contributed by atoms with Gasteiger partial charge in [0.15, 0.2) is 0 Å². The molecule has 2 aliphatic carbocycles. The van der Waals surface area contributed by atoms with Crippen LogP contribution in [0.1, 0.15) is 44.9 Å². The highest BCUT2D eigenvalue weighted by atomic mass is 14.2. The average molecular weight is 174 g/mol. The van der Waals surface area contributed by atoms with Crippen LogP contribution in [0.2, 0.25) is 0 Å². The van der Waals surface area contributed by atoms with Crippen molar-refractivity contribution in [3.8, 4) is 0 Å². The summed E-state index contributed by atoms with van der Waals surface area (Å²) in [6.07, 6.45) is 16.3. The van der Waals surface area contributed by atoms with Crippen LogP contribution in [0.5, 0.6) is 0 Å². The Bertz CT molecular complexity index is 251. The van der Waals surface area contributed by atoms with Crippen molar-refractivity contribution in [2.75, 3.05) is 0 Å². The summed E-state index contributed by atoms with van der Waals surface area (Å²) >= 11 is 0. The van der Waals surface area contributed by atoms with Gasteiger partial charge < -0.3 is 0 Å². The predicted molar refractivity (Wildman–Crippen MR) is 56.5 cm³/mol. The summed E-state index contributed by atoms with van der Waals surface area (Å²) in [4.78, 5) is 0. The lowest BCUT2D eigenvalue weighted by Crippen LogP contribution is -2.01. The Hall–Kier alpha value is -0.740. The van der Waals surface area contributed by atoms with E-state index in [0.717, 1.165) is 5.92 Å². The van der Waals surface area contributed by atoms with Crippen molar-refractivity contribution >= 4 is 0 Å². The highest BCUT2D eigenvalue weighted by Crippen LogP contribution is 2.28. The Labute approximate surface area is 81.0 Å². The summed E-state index contributed by atoms with van der Waals surface area (Å²) in [5.74, 6) is 0.725. The van der Waals surface area contributed by atoms with Crippen LogP contribution in [0.15, 0.2) is 29.5 Å². The summed E-state index contributed by atoms with van der Waals surface area (Å²) in [6, 6.07) is 0. The van der Waals surface area contributed by atoms with Gasteiger partial charge in [0, 0.05) is 5.92 Å². The molecule has 0 heteroatoms. The number of allylic oxidation sites excluding steroid dienone is 3. The van der Waals surface area contributed by atoms with E-state index >= 15 is 0 Å². The Morgan fingerprint density at radius 3 is 2.92 bits per heavy atom. The highest BCUT2D eigenvalue weighted by Gasteiger charge is 2.13. The molecule has 2 rings (SSSR count). The van der Waals surface area contributed by atoms with Crippen LogP contribution < -0.4 is 0 Å². The van der Waals surface area contributed by atoms with E-state index in [-0.39, 0.29) is 0 Å². The molecule has 0 nitrogen and oxygen atoms in total. The van der Waals surface area contributed by atoms with E-state index in [4.69, 9.17) is 0 Å². The van der Waals surface area contributed by atoms with Crippen LogP contribution in [-0.2, 0) is 0 Å². The molecule has 0 N–H and O–H groups in total. The third-order valence-electron chi connectivity index (χ3n) is 3.12. The second-order valence-corrected chi connectivity index (χ2v) is 4.13. The molecule has 1 atom stereocenters. The molecule has 1 saturated carbocycles. The van der Waals surface area contributed by atoms with E-state index < -0.39 is 0 Å². The molecule has 0 spiro atoms. The molecule has 0 heterocycles. The predicted octanol–water partition coefficient (Wildman–Crippen LogP) is 4.00. The molecule has 0 aromatic rings. The molecule has 0 saturated heterocycles. The lowest BCUT2D eigenvalue weighted by Gasteiger charge is -2.15. The van der Waals surface area contributed by atoms with Crippen molar-refractivity contribution in [1.29, 1.82) is 0 Å². The van der Waals surface area contributed by atoms with Crippen molar-refractivity contribution in [3.63, 3.8) is 0 Å². The van der Waals surface area contributed by atoms with Gasteiger partial charge in [0.1, 0.15) is 0 Å². The van der Waals surface area contributed by atoms with E-state index in [1.807, 2.05) is 0 Å². The number of hydrogen-bond acceptors (Lipinski definition) is 0. The highest BCUT2D eigenvalue weighted by molar-refractivity contribution is 5.22. The first-order valence-corrected chi connectivity index (χ1v) is 5.59. The van der Waals surface area contributed by atoms with Gasteiger partial charge in [0.2, 0.25) is 0 Å². The maximum absolute atomic E-state index is 3.42. The third kappa shape index (κ3) is 2.35. The van der Waals surface area contributed by atoms with Crippen molar-refractivity contribution in [2.24, 2.45) is 5.92 Å². The minimum atomic E-state index is 0.725. The number of hydrogen-bond donors (Lipinski definition) is 0. The minimum Gasteiger partial charge on any atom is -0.121 e. The largest absolute Gasteiger partial charge is 0.121 e. The quantitative estimate of drug-likeness (QED) is 0.487. The van der Waals surface area contributed by atoms with Gasteiger partial charge in [-0.05, 0) is 30.9 Å². The summed E-state index contributed by atoms with van der Waals surface area (Å²) in [5, 5.41) is 0. The van der Waals surface area contributed by atoms with Crippen molar-refractivity contribution in [1.82, 2.24) is 0 Å². The molecular formula is C13H18. The fourth-order valence-electron chi connectivity index (χ4n) is 2.31. The molecule has 1 unspecified atom stereocenters. The van der Waals surface area contributed by atoms with Gasteiger partial charge in [-0.15, -0.1) is 5.73 Å². The molecule has 0 aliphatic heterocycles. The third-order valence-corrected chi connectivity index (χ3v) is 3.12. The van der Waals surface area contributed by atoms with Gasteiger partial charge in [0.05, 0.1) is 0 Å². The van der Waals surface area contributed by atoms with E-state index in [1.165, 1.54) is 44.9 Å². The smallest absolute Gasteiger partial charge is 0.00561 e. The van der Waals surface area contributed by atoms with Crippen molar-refractivity contribution in [3.05, 3.63) is 29.5 Å². The maximum atomic E-state index is 3.42. The second-order valence-electron chi connectivity index (χ2n) is 4.13. The Morgan fingerprint density at radius 1 is 1.08 bits per heavy atom. The minimum absolute atomic E-state index is 0.725. The molecule has 13 heavy (non-hydrogen) atoms. The average Bonchev–Trinajstić information content (AvgIpc) is 2.28. The fraction of sp³-hybridized carbons (Fsp3) is 0.615. The van der Waals surface area contributed by atoms with E-state index in [0.29, 0.717) is 0 Å². The summed E-state index contributed by atoms with van der Waals surface area (Å²) in [5.41, 5.74) is 4.98. The van der Waals surface area contributed by atoms with E-state index in [9.17, 15) is 0 Å². The zero-order valence-corrected chi connectivity index (χ0v) is 8.26. The van der Waals surface area contributed by atoms with E-state index in [2.05, 4.69) is 24.0 Å². The number of rotatable bonds is 0. The summed E-state index contributed by atoms with van der Waals surface area (Å²) < 4.78 is 0. The normalized spacial score (nSPS) is 28.3. The molecule has 2 aliphatic rings. The Morgan fingerprint density at radius 2 is 1.92 bits per heavy atom. The molecule has 1 fully saturated rings. The van der Waals surface area contributed by atoms with E-state index in [1.54, 1.807) is 5.57 Å². The zero-order chi connectivity index (χ0) is 8.93. The van der Waals surface area contributed by atoms with Crippen molar-refractivity contribution in [2.45, 2.75) is 44.9 Å². The van der Waals surface area contributed by atoms with Crippen LogP contribution >= 0.6 is 0 Å². The first kappa shape index (κ1) is 8.84. The monoisotopic (exact) mass is 174 g/mol. The topological polar surface area (TPSA) is 0 Å². The summed E-state index contributed by atoms with van der Waals surface area (Å²) in [7, 11) is 0. The zero-order valence-electron chi connectivity index (χ0n) is 8.26. The molecule has 0 radical (unpaired) electrons. The first-order chi connectivity index (χ1) is 6.47. The SMILES string of the molecule is C1=CC=CC2CCCCCCCC=12. The molecule has 0 amide bonds. The molecule has 70 valence electrons.